The molecule has 0 saturated carbocycles. The molecule has 0 aliphatic heterocycles. The van der Waals surface area contributed by atoms with Crippen LogP contribution in [0.1, 0.15) is 26.7 Å². The fourth-order valence-corrected chi connectivity index (χ4v) is 1.09. The quantitative estimate of drug-likeness (QED) is 0.435. The van der Waals surface area contributed by atoms with Crippen molar-refractivity contribution in [3.63, 3.8) is 0 Å². The third-order valence-electron chi connectivity index (χ3n) is 2.05. The smallest absolute Gasteiger partial charge is 0.334 e. The first kappa shape index (κ1) is 16.7. The average molecular weight is 262 g/mol. The highest BCUT2D eigenvalue weighted by Gasteiger charge is 2.13. The van der Waals surface area contributed by atoms with Crippen LogP contribution < -0.4 is 10.6 Å². The summed E-state index contributed by atoms with van der Waals surface area (Å²) in [7, 11) is 0. The molecule has 0 aromatic carbocycles. The molecular formula is C11H22N2O5. The molecule has 7 heteroatoms. The zero-order chi connectivity index (χ0) is 14.0. The lowest BCUT2D eigenvalue weighted by Crippen LogP contribution is -2.42. The summed E-state index contributed by atoms with van der Waals surface area (Å²) in [5, 5.41) is 22.1. The van der Waals surface area contributed by atoms with Crippen LogP contribution in [-0.4, -0.2) is 54.1 Å². The molecule has 0 rings (SSSR count). The maximum Gasteiger partial charge on any atom is 0.334 e. The van der Waals surface area contributed by atoms with E-state index >= 15 is 0 Å². The van der Waals surface area contributed by atoms with Crippen molar-refractivity contribution in [3.05, 3.63) is 0 Å². The zero-order valence-corrected chi connectivity index (χ0v) is 10.8. The van der Waals surface area contributed by atoms with Crippen molar-refractivity contribution in [2.24, 2.45) is 0 Å². The van der Waals surface area contributed by atoms with E-state index in [-0.39, 0.29) is 12.6 Å². The van der Waals surface area contributed by atoms with E-state index in [2.05, 4.69) is 10.6 Å². The Hall–Kier alpha value is -1.34. The number of hydrogen-bond acceptors (Lipinski definition) is 4. The molecule has 0 aliphatic rings. The number of urea groups is 1. The SMILES string of the molecule is CC(C)OCCCCNC(=O)NCC(O)C(=O)O. The van der Waals surface area contributed by atoms with E-state index in [9.17, 15) is 9.59 Å². The van der Waals surface area contributed by atoms with Gasteiger partial charge in [0.05, 0.1) is 12.6 Å². The second-order valence-electron chi connectivity index (χ2n) is 4.12. The summed E-state index contributed by atoms with van der Waals surface area (Å²) >= 11 is 0. The largest absolute Gasteiger partial charge is 0.479 e. The number of aliphatic carboxylic acids is 1. The number of carboxylic acid groups (broad SMARTS) is 1. The Morgan fingerprint density at radius 3 is 2.44 bits per heavy atom. The Morgan fingerprint density at radius 2 is 1.89 bits per heavy atom. The van der Waals surface area contributed by atoms with Crippen molar-refractivity contribution < 1.29 is 24.5 Å². The van der Waals surface area contributed by atoms with E-state index in [1.54, 1.807) is 0 Å². The molecule has 106 valence electrons. The maximum atomic E-state index is 11.2. The first-order chi connectivity index (χ1) is 8.43. The summed E-state index contributed by atoms with van der Waals surface area (Å²) in [5.74, 6) is -1.36. The number of carbonyl (C=O) groups is 2. The predicted molar refractivity (Wildman–Crippen MR) is 65.4 cm³/mol. The predicted octanol–water partition coefficient (Wildman–Crippen LogP) is -0.0637. The van der Waals surface area contributed by atoms with Crippen LogP contribution in [0.25, 0.3) is 0 Å². The fraction of sp³-hybridized carbons (Fsp3) is 0.818. The van der Waals surface area contributed by atoms with Crippen molar-refractivity contribution in [1.29, 1.82) is 0 Å². The summed E-state index contributed by atoms with van der Waals surface area (Å²) < 4.78 is 5.33. The molecule has 0 aliphatic carbocycles. The summed E-state index contributed by atoms with van der Waals surface area (Å²) in [5.41, 5.74) is 0. The summed E-state index contributed by atoms with van der Waals surface area (Å²) in [6, 6.07) is -0.486. The highest BCUT2D eigenvalue weighted by molar-refractivity contribution is 5.76. The Bertz CT molecular complexity index is 258. The van der Waals surface area contributed by atoms with Gasteiger partial charge in [-0.05, 0) is 26.7 Å². The first-order valence-corrected chi connectivity index (χ1v) is 5.97. The van der Waals surface area contributed by atoms with E-state index in [0.717, 1.165) is 12.8 Å². The summed E-state index contributed by atoms with van der Waals surface area (Å²) in [6.45, 7) is 4.74. The fourth-order valence-electron chi connectivity index (χ4n) is 1.09. The molecule has 4 N–H and O–H groups in total. The normalized spacial score (nSPS) is 12.2. The van der Waals surface area contributed by atoms with Gasteiger partial charge in [0.2, 0.25) is 0 Å². The molecule has 0 saturated heterocycles. The second-order valence-corrected chi connectivity index (χ2v) is 4.12. The Kier molecular flexibility index (Phi) is 8.95. The number of nitrogens with one attached hydrogen (secondary N) is 2. The van der Waals surface area contributed by atoms with Gasteiger partial charge in [-0.25, -0.2) is 9.59 Å². The Balaban J connectivity index is 3.40. The van der Waals surface area contributed by atoms with E-state index in [0.29, 0.717) is 13.2 Å². The van der Waals surface area contributed by atoms with Crippen LogP contribution in [0.2, 0.25) is 0 Å². The molecule has 0 aromatic heterocycles. The lowest BCUT2D eigenvalue weighted by Gasteiger charge is -2.10. The third-order valence-corrected chi connectivity index (χ3v) is 2.05. The second kappa shape index (κ2) is 9.67. The van der Waals surface area contributed by atoms with Crippen LogP contribution in [0.3, 0.4) is 0 Å². The van der Waals surface area contributed by atoms with Crippen LogP contribution in [0.5, 0.6) is 0 Å². The number of aliphatic hydroxyl groups excluding tert-OH is 1. The number of ether oxygens (including phenoxy) is 1. The van der Waals surface area contributed by atoms with Crippen molar-refractivity contribution in [2.45, 2.75) is 38.9 Å². The number of hydrogen-bond donors (Lipinski definition) is 4. The standard InChI is InChI=1S/C11H22N2O5/c1-8(2)18-6-4-3-5-12-11(17)13-7-9(14)10(15)16/h8-9,14H,3-7H2,1-2H3,(H,15,16)(H2,12,13,17). The molecule has 18 heavy (non-hydrogen) atoms. The van der Waals surface area contributed by atoms with E-state index in [1.807, 2.05) is 13.8 Å². The number of carbonyl (C=O) groups excluding carboxylic acids is 1. The highest BCUT2D eigenvalue weighted by Crippen LogP contribution is 1.93. The molecule has 0 aromatic rings. The van der Waals surface area contributed by atoms with Gasteiger partial charge in [-0.15, -0.1) is 0 Å². The summed E-state index contributed by atoms with van der Waals surface area (Å²) in [6.07, 6.45) is 0.256. The Labute approximate surface area is 107 Å². The Morgan fingerprint density at radius 1 is 1.22 bits per heavy atom. The lowest BCUT2D eigenvalue weighted by molar-refractivity contribution is -0.146. The van der Waals surface area contributed by atoms with E-state index in [1.165, 1.54) is 0 Å². The molecular weight excluding hydrogens is 240 g/mol. The molecule has 0 fully saturated rings. The molecule has 7 nitrogen and oxygen atoms in total. The topological polar surface area (TPSA) is 108 Å². The minimum Gasteiger partial charge on any atom is -0.479 e. The molecule has 1 atom stereocenters. The van der Waals surface area contributed by atoms with Crippen LogP contribution >= 0.6 is 0 Å². The molecule has 2 amide bonds. The van der Waals surface area contributed by atoms with Gasteiger partial charge in [-0.3, -0.25) is 0 Å². The minimum absolute atomic E-state index is 0.207. The van der Waals surface area contributed by atoms with Gasteiger partial charge in [0.25, 0.3) is 0 Å². The van der Waals surface area contributed by atoms with Gasteiger partial charge in [0.15, 0.2) is 6.10 Å². The average Bonchev–Trinajstić information content (AvgIpc) is 2.29. The van der Waals surface area contributed by atoms with Gasteiger partial charge in [0.1, 0.15) is 0 Å². The minimum atomic E-state index is -1.57. The van der Waals surface area contributed by atoms with Gasteiger partial charge in [-0.2, -0.15) is 0 Å². The molecule has 0 radical (unpaired) electrons. The van der Waals surface area contributed by atoms with Crippen LogP contribution in [0.15, 0.2) is 0 Å². The number of rotatable bonds is 9. The molecule has 0 bridgehead atoms. The maximum absolute atomic E-state index is 11.2. The number of aliphatic hydroxyl groups is 1. The number of amides is 2. The first-order valence-electron chi connectivity index (χ1n) is 5.97. The third kappa shape index (κ3) is 9.86. The highest BCUT2D eigenvalue weighted by atomic mass is 16.5. The van der Waals surface area contributed by atoms with E-state index < -0.39 is 18.1 Å². The summed E-state index contributed by atoms with van der Waals surface area (Å²) in [4.78, 5) is 21.4. The molecule has 1 unspecified atom stereocenters. The van der Waals surface area contributed by atoms with Gasteiger partial charge in [-0.1, -0.05) is 0 Å². The van der Waals surface area contributed by atoms with Crippen molar-refractivity contribution >= 4 is 12.0 Å². The van der Waals surface area contributed by atoms with Crippen molar-refractivity contribution in [1.82, 2.24) is 10.6 Å². The zero-order valence-electron chi connectivity index (χ0n) is 10.8. The molecule has 0 heterocycles. The van der Waals surface area contributed by atoms with E-state index in [4.69, 9.17) is 14.9 Å². The van der Waals surface area contributed by atoms with Crippen LogP contribution in [0, 0.1) is 0 Å². The van der Waals surface area contributed by atoms with Crippen LogP contribution in [-0.2, 0) is 9.53 Å². The van der Waals surface area contributed by atoms with Gasteiger partial charge in [0, 0.05) is 13.2 Å². The number of carboxylic acids is 1. The number of unbranched alkanes of at least 4 members (excludes halogenated alkanes) is 1. The molecule has 0 spiro atoms. The van der Waals surface area contributed by atoms with Gasteiger partial charge >= 0.3 is 12.0 Å². The van der Waals surface area contributed by atoms with Crippen molar-refractivity contribution in [3.8, 4) is 0 Å². The monoisotopic (exact) mass is 262 g/mol. The lowest BCUT2D eigenvalue weighted by atomic mass is 10.3. The van der Waals surface area contributed by atoms with Crippen LogP contribution in [0.4, 0.5) is 4.79 Å². The van der Waals surface area contributed by atoms with Crippen molar-refractivity contribution in [2.75, 3.05) is 19.7 Å². The van der Waals surface area contributed by atoms with Gasteiger partial charge < -0.3 is 25.6 Å².